The van der Waals surface area contributed by atoms with Gasteiger partial charge in [-0.05, 0) is 69.0 Å². The van der Waals surface area contributed by atoms with Crippen LogP contribution in [0.3, 0.4) is 0 Å². The van der Waals surface area contributed by atoms with Crippen molar-refractivity contribution in [3.63, 3.8) is 0 Å². The van der Waals surface area contributed by atoms with Gasteiger partial charge in [-0.3, -0.25) is 13.9 Å². The molecule has 2 aromatic rings. The van der Waals surface area contributed by atoms with Crippen molar-refractivity contribution in [1.82, 2.24) is 10.2 Å². The van der Waals surface area contributed by atoms with Gasteiger partial charge in [0, 0.05) is 25.6 Å². The first-order valence-corrected chi connectivity index (χ1v) is 13.7. The molecule has 0 heterocycles. The molecule has 35 heavy (non-hydrogen) atoms. The molecule has 0 aliphatic carbocycles. The summed E-state index contributed by atoms with van der Waals surface area (Å²) in [5, 5.41) is 2.93. The van der Waals surface area contributed by atoms with Gasteiger partial charge in [-0.2, -0.15) is 0 Å². The lowest BCUT2D eigenvalue weighted by Gasteiger charge is -2.30. The average molecular weight is 506 g/mol. The molecule has 7 nitrogen and oxygen atoms in total. The predicted molar refractivity (Wildman–Crippen MR) is 137 cm³/mol. The number of rotatable bonds is 12. The number of carbonyl (C=O) groups excluding carboxylic acids is 2. The van der Waals surface area contributed by atoms with Crippen molar-refractivity contribution >= 4 is 27.5 Å². The first-order valence-electron chi connectivity index (χ1n) is 11.8. The summed E-state index contributed by atoms with van der Waals surface area (Å²) in [5.41, 5.74) is 2.28. The molecule has 0 saturated heterocycles. The van der Waals surface area contributed by atoms with E-state index in [1.165, 1.54) is 24.3 Å². The van der Waals surface area contributed by atoms with Gasteiger partial charge in [-0.25, -0.2) is 12.8 Å². The number of hydrogen-bond donors (Lipinski definition) is 1. The third-order valence-electron chi connectivity index (χ3n) is 6.04. The maximum absolute atomic E-state index is 13.3. The number of nitrogens with zero attached hydrogens (tertiary/aromatic N) is 2. The molecule has 0 aromatic heterocycles. The number of hydrogen-bond acceptors (Lipinski definition) is 4. The first-order chi connectivity index (χ1) is 16.4. The molecule has 2 rings (SSSR count). The van der Waals surface area contributed by atoms with Crippen molar-refractivity contribution in [2.24, 2.45) is 0 Å². The van der Waals surface area contributed by atoms with Crippen LogP contribution < -0.4 is 9.62 Å². The topological polar surface area (TPSA) is 86.8 Å². The summed E-state index contributed by atoms with van der Waals surface area (Å²) >= 11 is 0. The number of nitrogens with one attached hydrogen (secondary N) is 1. The lowest BCUT2D eigenvalue weighted by molar-refractivity contribution is -0.140. The summed E-state index contributed by atoms with van der Waals surface area (Å²) in [6.45, 7) is 7.87. The van der Waals surface area contributed by atoms with Gasteiger partial charge < -0.3 is 10.2 Å². The standard InChI is InChI=1S/C26H36FN3O4S/c1-6-20(3)28-26(32)21(4)29(18-22-11-8-7-10-19(22)2)25(31)12-9-17-30(35(5,33)34)24-15-13-23(27)14-16-24/h7-8,10-11,13-16,20-21H,6,9,12,17-18H2,1-5H3,(H,28,32)/t20-,21+/m0/s1. The molecule has 0 bridgehead atoms. The van der Waals surface area contributed by atoms with E-state index >= 15 is 0 Å². The van der Waals surface area contributed by atoms with Gasteiger partial charge in [0.05, 0.1) is 11.9 Å². The number of anilines is 1. The van der Waals surface area contributed by atoms with E-state index < -0.39 is 21.9 Å². The Bertz CT molecular complexity index is 1110. The summed E-state index contributed by atoms with van der Waals surface area (Å²) in [6, 6.07) is 12.2. The van der Waals surface area contributed by atoms with Crippen LogP contribution in [0.1, 0.15) is 51.2 Å². The number of carbonyl (C=O) groups is 2. The van der Waals surface area contributed by atoms with Crippen LogP contribution in [0.15, 0.2) is 48.5 Å². The van der Waals surface area contributed by atoms with Crippen LogP contribution in [-0.4, -0.2) is 50.0 Å². The molecule has 2 amide bonds. The van der Waals surface area contributed by atoms with E-state index in [9.17, 15) is 22.4 Å². The van der Waals surface area contributed by atoms with E-state index in [1.54, 1.807) is 11.8 Å². The van der Waals surface area contributed by atoms with Crippen LogP contribution in [-0.2, 0) is 26.2 Å². The van der Waals surface area contributed by atoms with Gasteiger partial charge in [0.1, 0.15) is 11.9 Å². The predicted octanol–water partition coefficient (Wildman–Crippen LogP) is 4.01. The Morgan fingerprint density at radius 3 is 2.26 bits per heavy atom. The van der Waals surface area contributed by atoms with Crippen LogP contribution in [0.5, 0.6) is 0 Å². The molecule has 0 unspecified atom stereocenters. The minimum absolute atomic E-state index is 0.0145. The molecule has 9 heteroatoms. The molecule has 0 fully saturated rings. The fraction of sp³-hybridized carbons (Fsp3) is 0.462. The van der Waals surface area contributed by atoms with E-state index in [4.69, 9.17) is 0 Å². The highest BCUT2D eigenvalue weighted by Gasteiger charge is 2.27. The summed E-state index contributed by atoms with van der Waals surface area (Å²) in [6.07, 6.45) is 2.15. The Hall–Kier alpha value is -2.94. The largest absolute Gasteiger partial charge is 0.352 e. The van der Waals surface area contributed by atoms with Crippen LogP contribution >= 0.6 is 0 Å². The quantitative estimate of drug-likeness (QED) is 0.472. The van der Waals surface area contributed by atoms with Gasteiger partial charge in [-0.1, -0.05) is 31.2 Å². The van der Waals surface area contributed by atoms with E-state index in [1.807, 2.05) is 45.0 Å². The zero-order chi connectivity index (χ0) is 26.2. The molecule has 0 radical (unpaired) electrons. The third kappa shape index (κ3) is 8.35. The second-order valence-corrected chi connectivity index (χ2v) is 10.8. The van der Waals surface area contributed by atoms with E-state index in [2.05, 4.69) is 5.32 Å². The second-order valence-electron chi connectivity index (χ2n) is 8.86. The monoisotopic (exact) mass is 505 g/mol. The van der Waals surface area contributed by atoms with Gasteiger partial charge in [0.15, 0.2) is 0 Å². The summed E-state index contributed by atoms with van der Waals surface area (Å²) < 4.78 is 39.1. The maximum atomic E-state index is 13.3. The van der Waals surface area contributed by atoms with Crippen molar-refractivity contribution in [2.45, 2.75) is 65.6 Å². The highest BCUT2D eigenvalue weighted by molar-refractivity contribution is 7.92. The van der Waals surface area contributed by atoms with Crippen LogP contribution in [0.25, 0.3) is 0 Å². The SMILES string of the molecule is CC[C@H](C)NC(=O)[C@@H](C)N(Cc1ccccc1C)C(=O)CCCN(c1ccc(F)cc1)S(C)(=O)=O. The minimum Gasteiger partial charge on any atom is -0.352 e. The number of aryl methyl sites for hydroxylation is 1. The van der Waals surface area contributed by atoms with Gasteiger partial charge >= 0.3 is 0 Å². The summed E-state index contributed by atoms with van der Waals surface area (Å²) in [7, 11) is -3.63. The molecule has 0 spiro atoms. The first kappa shape index (κ1) is 28.3. The van der Waals surface area contributed by atoms with E-state index in [-0.39, 0.29) is 43.8 Å². The molecule has 0 saturated carbocycles. The molecule has 1 N–H and O–H groups in total. The fourth-order valence-corrected chi connectivity index (χ4v) is 4.60. The second kappa shape index (κ2) is 12.7. The van der Waals surface area contributed by atoms with Gasteiger partial charge in [0.25, 0.3) is 0 Å². The molecule has 2 aromatic carbocycles. The number of halogens is 1. The molecular formula is C26H36FN3O4S. The van der Waals surface area contributed by atoms with Crippen LogP contribution in [0, 0.1) is 12.7 Å². The van der Waals surface area contributed by atoms with Crippen molar-refractivity contribution in [1.29, 1.82) is 0 Å². The average Bonchev–Trinajstić information content (AvgIpc) is 2.80. The lowest BCUT2D eigenvalue weighted by Crippen LogP contribution is -2.49. The van der Waals surface area contributed by atoms with Crippen molar-refractivity contribution in [3.05, 3.63) is 65.5 Å². The Kier molecular flexibility index (Phi) is 10.2. The van der Waals surface area contributed by atoms with Crippen LogP contribution in [0.4, 0.5) is 10.1 Å². The number of benzene rings is 2. The third-order valence-corrected chi connectivity index (χ3v) is 7.23. The maximum Gasteiger partial charge on any atom is 0.242 e. The van der Waals surface area contributed by atoms with Crippen molar-refractivity contribution in [2.75, 3.05) is 17.1 Å². The minimum atomic E-state index is -3.63. The normalized spacial score (nSPS) is 13.1. The Morgan fingerprint density at radius 2 is 1.69 bits per heavy atom. The fourth-order valence-electron chi connectivity index (χ4n) is 3.63. The van der Waals surface area contributed by atoms with Crippen molar-refractivity contribution in [3.8, 4) is 0 Å². The summed E-state index contributed by atoms with van der Waals surface area (Å²) in [4.78, 5) is 27.7. The molecular weight excluding hydrogens is 469 g/mol. The van der Waals surface area contributed by atoms with E-state index in [0.29, 0.717) is 5.69 Å². The zero-order valence-electron chi connectivity index (χ0n) is 21.1. The highest BCUT2D eigenvalue weighted by atomic mass is 32.2. The lowest BCUT2D eigenvalue weighted by atomic mass is 10.1. The zero-order valence-corrected chi connectivity index (χ0v) is 21.9. The molecule has 2 atom stereocenters. The number of amides is 2. The Labute approximate surface area is 208 Å². The molecule has 0 aliphatic heterocycles. The smallest absolute Gasteiger partial charge is 0.242 e. The van der Waals surface area contributed by atoms with E-state index in [0.717, 1.165) is 28.1 Å². The number of sulfonamides is 1. The Balaban J connectivity index is 2.18. The van der Waals surface area contributed by atoms with Crippen LogP contribution in [0.2, 0.25) is 0 Å². The Morgan fingerprint density at radius 1 is 1.06 bits per heavy atom. The van der Waals surface area contributed by atoms with Gasteiger partial charge in [0.2, 0.25) is 21.8 Å². The molecule has 192 valence electrons. The van der Waals surface area contributed by atoms with Crippen molar-refractivity contribution < 1.29 is 22.4 Å². The highest BCUT2D eigenvalue weighted by Crippen LogP contribution is 2.20. The molecule has 0 aliphatic rings. The van der Waals surface area contributed by atoms with Gasteiger partial charge in [-0.15, -0.1) is 0 Å². The summed E-state index contributed by atoms with van der Waals surface area (Å²) in [5.74, 6) is -0.938.